The number of nitrogens with zero attached hydrogens (tertiary/aromatic N) is 1. The molecule has 2 fully saturated rings. The van der Waals surface area contributed by atoms with Crippen LogP contribution in [0.3, 0.4) is 0 Å². The Balaban J connectivity index is 1.78. The monoisotopic (exact) mass is 271 g/mol. The molecule has 0 bridgehead atoms. The normalized spacial score (nSPS) is 25.8. The van der Waals surface area contributed by atoms with Crippen molar-refractivity contribution in [3.05, 3.63) is 0 Å². The molecule has 2 amide bonds. The summed E-state index contributed by atoms with van der Waals surface area (Å²) in [5, 5.41) is 6.20. The first kappa shape index (κ1) is 13.7. The van der Waals surface area contributed by atoms with Crippen LogP contribution in [0.1, 0.15) is 19.8 Å². The number of hydrogen-bond donors (Lipinski definition) is 2. The van der Waals surface area contributed by atoms with Crippen molar-refractivity contribution in [2.75, 3.05) is 31.1 Å². The lowest BCUT2D eigenvalue weighted by atomic mass is 10.0. The largest absolute Gasteiger partial charge is 0.353 e. The van der Waals surface area contributed by atoms with Gasteiger partial charge in [0.2, 0.25) is 11.8 Å². The standard InChI is InChI=1S/C12H21N3O2S/c1-9(16)14-10-2-5-15(6-3-10)12(17)11-8-18-7-4-13-11/h10-11,13H,2-8H2,1H3,(H,14,16). The van der Waals surface area contributed by atoms with E-state index in [0.717, 1.165) is 44.0 Å². The van der Waals surface area contributed by atoms with Crippen LogP contribution in [0.15, 0.2) is 0 Å². The van der Waals surface area contributed by atoms with E-state index in [9.17, 15) is 9.59 Å². The van der Waals surface area contributed by atoms with Crippen molar-refractivity contribution < 1.29 is 9.59 Å². The summed E-state index contributed by atoms with van der Waals surface area (Å²) in [6.07, 6.45) is 1.73. The van der Waals surface area contributed by atoms with Crippen molar-refractivity contribution in [3.63, 3.8) is 0 Å². The molecule has 0 radical (unpaired) electrons. The lowest BCUT2D eigenvalue weighted by molar-refractivity contribution is -0.134. The zero-order valence-corrected chi connectivity index (χ0v) is 11.6. The SMILES string of the molecule is CC(=O)NC1CCN(C(=O)C2CSCCN2)CC1. The van der Waals surface area contributed by atoms with Gasteiger partial charge < -0.3 is 15.5 Å². The third kappa shape index (κ3) is 3.62. The molecule has 1 atom stereocenters. The molecule has 2 aliphatic heterocycles. The Kier molecular flexibility index (Phi) is 4.88. The van der Waals surface area contributed by atoms with E-state index in [1.165, 1.54) is 0 Å². The molecule has 2 rings (SSSR count). The molecule has 2 N–H and O–H groups in total. The molecule has 0 spiro atoms. The highest BCUT2D eigenvalue weighted by Gasteiger charge is 2.29. The Morgan fingerprint density at radius 3 is 2.61 bits per heavy atom. The molecule has 2 saturated heterocycles. The Bertz CT molecular complexity index is 310. The lowest BCUT2D eigenvalue weighted by Gasteiger charge is -2.35. The van der Waals surface area contributed by atoms with Gasteiger partial charge in [-0.25, -0.2) is 0 Å². The van der Waals surface area contributed by atoms with Gasteiger partial charge in [0.1, 0.15) is 0 Å². The molecule has 2 aliphatic rings. The van der Waals surface area contributed by atoms with Crippen molar-refractivity contribution in [1.29, 1.82) is 0 Å². The third-order valence-corrected chi connectivity index (χ3v) is 4.50. The third-order valence-electron chi connectivity index (χ3n) is 3.43. The molecule has 0 aromatic rings. The van der Waals surface area contributed by atoms with Crippen LogP contribution in [0.4, 0.5) is 0 Å². The van der Waals surface area contributed by atoms with Crippen molar-refractivity contribution in [3.8, 4) is 0 Å². The Hall–Kier alpha value is -0.750. The van der Waals surface area contributed by atoms with E-state index in [4.69, 9.17) is 0 Å². The van der Waals surface area contributed by atoms with Gasteiger partial charge in [0, 0.05) is 44.1 Å². The molecule has 2 heterocycles. The highest BCUT2D eigenvalue weighted by Crippen LogP contribution is 2.15. The number of nitrogens with one attached hydrogen (secondary N) is 2. The average molecular weight is 271 g/mol. The number of likely N-dealkylation sites (tertiary alicyclic amines) is 1. The number of carbonyl (C=O) groups excluding carboxylic acids is 2. The van der Waals surface area contributed by atoms with Gasteiger partial charge >= 0.3 is 0 Å². The summed E-state index contributed by atoms with van der Waals surface area (Å²) in [6.45, 7) is 3.98. The van der Waals surface area contributed by atoms with E-state index in [1.807, 2.05) is 16.7 Å². The molecular weight excluding hydrogens is 250 g/mol. The number of hydrogen-bond acceptors (Lipinski definition) is 4. The Labute approximate surface area is 112 Å². The van der Waals surface area contributed by atoms with Crippen LogP contribution in [0.5, 0.6) is 0 Å². The predicted octanol–water partition coefficient (Wildman–Crippen LogP) is -0.181. The maximum atomic E-state index is 12.2. The molecule has 0 aromatic carbocycles. The zero-order chi connectivity index (χ0) is 13.0. The number of amides is 2. The topological polar surface area (TPSA) is 61.4 Å². The second-order valence-electron chi connectivity index (χ2n) is 4.88. The van der Waals surface area contributed by atoms with Crippen LogP contribution in [0.25, 0.3) is 0 Å². The lowest BCUT2D eigenvalue weighted by Crippen LogP contribution is -2.54. The quantitative estimate of drug-likeness (QED) is 0.731. The van der Waals surface area contributed by atoms with Crippen molar-refractivity contribution in [2.24, 2.45) is 0 Å². The fraction of sp³-hybridized carbons (Fsp3) is 0.833. The number of rotatable bonds is 2. The van der Waals surface area contributed by atoms with Crippen LogP contribution in [-0.2, 0) is 9.59 Å². The molecule has 0 aromatic heterocycles. The second kappa shape index (κ2) is 6.43. The van der Waals surface area contributed by atoms with Gasteiger partial charge in [-0.05, 0) is 12.8 Å². The number of thioether (sulfide) groups is 1. The predicted molar refractivity (Wildman–Crippen MR) is 72.5 cm³/mol. The number of carbonyl (C=O) groups is 2. The first-order chi connectivity index (χ1) is 8.66. The van der Waals surface area contributed by atoms with Gasteiger partial charge in [-0.15, -0.1) is 0 Å². The molecule has 18 heavy (non-hydrogen) atoms. The highest BCUT2D eigenvalue weighted by atomic mass is 32.2. The summed E-state index contributed by atoms with van der Waals surface area (Å²) < 4.78 is 0. The van der Waals surface area contributed by atoms with Crippen LogP contribution >= 0.6 is 11.8 Å². The van der Waals surface area contributed by atoms with E-state index in [1.54, 1.807) is 6.92 Å². The van der Waals surface area contributed by atoms with E-state index in [-0.39, 0.29) is 23.9 Å². The first-order valence-electron chi connectivity index (χ1n) is 6.54. The minimum Gasteiger partial charge on any atom is -0.353 e. The zero-order valence-electron chi connectivity index (χ0n) is 10.8. The molecule has 6 heteroatoms. The smallest absolute Gasteiger partial charge is 0.240 e. The van der Waals surface area contributed by atoms with Crippen molar-refractivity contribution >= 4 is 23.6 Å². The first-order valence-corrected chi connectivity index (χ1v) is 7.69. The fourth-order valence-corrected chi connectivity index (χ4v) is 3.40. The summed E-state index contributed by atoms with van der Waals surface area (Å²) in [5.74, 6) is 2.22. The maximum Gasteiger partial charge on any atom is 0.240 e. The second-order valence-corrected chi connectivity index (χ2v) is 6.03. The highest BCUT2D eigenvalue weighted by molar-refractivity contribution is 7.99. The molecule has 0 saturated carbocycles. The van der Waals surface area contributed by atoms with Crippen LogP contribution < -0.4 is 10.6 Å². The van der Waals surface area contributed by atoms with E-state index in [0.29, 0.717) is 0 Å². The van der Waals surface area contributed by atoms with Gasteiger partial charge in [-0.1, -0.05) is 0 Å². The summed E-state index contributed by atoms with van der Waals surface area (Å²) in [5.41, 5.74) is 0. The summed E-state index contributed by atoms with van der Waals surface area (Å²) in [7, 11) is 0. The summed E-state index contributed by atoms with van der Waals surface area (Å²) in [4.78, 5) is 25.1. The van der Waals surface area contributed by atoms with Crippen molar-refractivity contribution in [2.45, 2.75) is 31.8 Å². The minimum absolute atomic E-state index is 0.0129. The van der Waals surface area contributed by atoms with Crippen molar-refractivity contribution in [1.82, 2.24) is 15.5 Å². The molecule has 102 valence electrons. The van der Waals surface area contributed by atoms with Crippen LogP contribution in [0, 0.1) is 0 Å². The van der Waals surface area contributed by atoms with Gasteiger partial charge in [0.25, 0.3) is 0 Å². The van der Waals surface area contributed by atoms with Gasteiger partial charge in [-0.2, -0.15) is 11.8 Å². The molecule has 5 nitrogen and oxygen atoms in total. The molecule has 1 unspecified atom stereocenters. The van der Waals surface area contributed by atoms with Crippen LogP contribution in [-0.4, -0.2) is 59.9 Å². The van der Waals surface area contributed by atoms with Crippen LogP contribution in [0.2, 0.25) is 0 Å². The summed E-state index contributed by atoms with van der Waals surface area (Å²) >= 11 is 1.84. The minimum atomic E-state index is -0.0129. The average Bonchev–Trinajstić information content (AvgIpc) is 2.39. The molecule has 0 aliphatic carbocycles. The Morgan fingerprint density at radius 2 is 2.06 bits per heavy atom. The van der Waals surface area contributed by atoms with Gasteiger partial charge in [0.15, 0.2) is 0 Å². The van der Waals surface area contributed by atoms with Gasteiger partial charge in [-0.3, -0.25) is 9.59 Å². The van der Waals surface area contributed by atoms with E-state index in [2.05, 4.69) is 10.6 Å². The van der Waals surface area contributed by atoms with Gasteiger partial charge in [0.05, 0.1) is 6.04 Å². The summed E-state index contributed by atoms with van der Waals surface area (Å²) in [6, 6.07) is 0.223. The van der Waals surface area contributed by atoms with E-state index >= 15 is 0 Å². The maximum absolute atomic E-state index is 12.2. The Morgan fingerprint density at radius 1 is 1.33 bits per heavy atom. The molecular formula is C12H21N3O2S. The van der Waals surface area contributed by atoms with E-state index < -0.39 is 0 Å². The fourth-order valence-electron chi connectivity index (χ4n) is 2.48. The number of piperidine rings is 1.